The van der Waals surface area contributed by atoms with Crippen molar-refractivity contribution in [1.29, 1.82) is 0 Å². The molecule has 1 amide bonds. The number of aromatic nitrogens is 3. The van der Waals surface area contributed by atoms with Crippen molar-refractivity contribution >= 4 is 16.8 Å². The molecule has 0 unspecified atom stereocenters. The lowest BCUT2D eigenvalue weighted by Crippen LogP contribution is -2.40. The van der Waals surface area contributed by atoms with Crippen molar-refractivity contribution in [3.05, 3.63) is 42.1 Å². The van der Waals surface area contributed by atoms with Crippen LogP contribution in [0.4, 0.5) is 0 Å². The van der Waals surface area contributed by atoms with Crippen molar-refractivity contribution < 1.29 is 19.0 Å². The van der Waals surface area contributed by atoms with E-state index in [9.17, 15) is 4.79 Å². The monoisotopic (exact) mass is 408 g/mol. The second-order valence-corrected chi connectivity index (χ2v) is 7.52. The highest BCUT2D eigenvalue weighted by Crippen LogP contribution is 2.33. The zero-order valence-electron chi connectivity index (χ0n) is 16.7. The molecule has 2 aromatic heterocycles. The smallest absolute Gasteiger partial charge is 0.254 e. The Bertz CT molecular complexity index is 1020. The molecule has 0 radical (unpaired) electrons. The summed E-state index contributed by atoms with van der Waals surface area (Å²) in [5.74, 6) is 0.610. The summed E-state index contributed by atoms with van der Waals surface area (Å²) in [5.41, 5.74) is 3.21. The van der Waals surface area contributed by atoms with Gasteiger partial charge >= 0.3 is 0 Å². The number of hydrogen-bond acceptors (Lipinski definition) is 6. The number of ether oxygens (including phenoxy) is 3. The first kappa shape index (κ1) is 19.0. The first-order valence-electron chi connectivity index (χ1n) is 10.3. The first-order valence-corrected chi connectivity index (χ1v) is 10.3. The second kappa shape index (κ2) is 8.41. The van der Waals surface area contributed by atoms with Crippen molar-refractivity contribution in [3.63, 3.8) is 0 Å². The van der Waals surface area contributed by atoms with Gasteiger partial charge < -0.3 is 19.1 Å². The molecule has 5 rings (SSSR count). The van der Waals surface area contributed by atoms with Gasteiger partial charge in [-0.05, 0) is 18.2 Å². The van der Waals surface area contributed by atoms with E-state index < -0.39 is 0 Å². The summed E-state index contributed by atoms with van der Waals surface area (Å²) in [5, 5.41) is 8.43. The quantitative estimate of drug-likeness (QED) is 0.714. The zero-order chi connectivity index (χ0) is 20.3. The fourth-order valence-electron chi connectivity index (χ4n) is 3.91. The van der Waals surface area contributed by atoms with E-state index in [1.807, 2.05) is 35.2 Å². The number of nitrogens with zero attached hydrogens (tertiary/aromatic N) is 3. The molecule has 1 aromatic carbocycles. The SMILES string of the molecule is O=C(c1ccc(-c2n[nH]c3ccnc(OC4CCOCC4)c23)cc1)N1CCOCC1. The summed E-state index contributed by atoms with van der Waals surface area (Å²) in [4.78, 5) is 19.0. The molecule has 156 valence electrons. The van der Waals surface area contributed by atoms with Crippen LogP contribution in [0.5, 0.6) is 5.88 Å². The molecule has 3 aromatic rings. The lowest BCUT2D eigenvalue weighted by molar-refractivity contribution is 0.0244. The maximum Gasteiger partial charge on any atom is 0.254 e. The number of hydrogen-bond donors (Lipinski definition) is 1. The molecule has 0 aliphatic carbocycles. The van der Waals surface area contributed by atoms with Crippen LogP contribution in [-0.4, -0.2) is 71.6 Å². The molecule has 4 heterocycles. The van der Waals surface area contributed by atoms with Gasteiger partial charge in [-0.15, -0.1) is 0 Å². The molecule has 0 atom stereocenters. The number of H-pyrrole nitrogens is 1. The summed E-state index contributed by atoms with van der Waals surface area (Å²) < 4.78 is 17.0. The highest BCUT2D eigenvalue weighted by atomic mass is 16.5. The Labute approximate surface area is 174 Å². The normalized spacial score (nSPS) is 17.9. The maximum absolute atomic E-state index is 12.7. The van der Waals surface area contributed by atoms with Crippen LogP contribution in [0.1, 0.15) is 23.2 Å². The van der Waals surface area contributed by atoms with Gasteiger partial charge in [-0.1, -0.05) is 12.1 Å². The summed E-state index contributed by atoms with van der Waals surface area (Å²) in [7, 11) is 0. The number of carbonyl (C=O) groups excluding carboxylic acids is 1. The summed E-state index contributed by atoms with van der Waals surface area (Å²) in [6.07, 6.45) is 3.52. The number of pyridine rings is 1. The van der Waals surface area contributed by atoms with Crippen LogP contribution in [0.15, 0.2) is 36.5 Å². The van der Waals surface area contributed by atoms with E-state index in [4.69, 9.17) is 14.2 Å². The molecule has 2 fully saturated rings. The minimum Gasteiger partial charge on any atom is -0.474 e. The molecular formula is C22H24N4O4. The first-order chi connectivity index (χ1) is 14.8. The van der Waals surface area contributed by atoms with Crippen molar-refractivity contribution in [1.82, 2.24) is 20.1 Å². The average molecular weight is 408 g/mol. The van der Waals surface area contributed by atoms with Gasteiger partial charge in [0.25, 0.3) is 5.91 Å². The Morgan fingerprint density at radius 2 is 1.77 bits per heavy atom. The number of amides is 1. The number of carbonyl (C=O) groups is 1. The van der Waals surface area contributed by atoms with Gasteiger partial charge in [-0.2, -0.15) is 5.10 Å². The van der Waals surface area contributed by atoms with Crippen molar-refractivity contribution in [3.8, 4) is 17.1 Å². The number of morpholine rings is 1. The standard InChI is InChI=1S/C22H24N4O4/c27-22(26-9-13-29-14-10-26)16-3-1-15(2-4-16)20-19-18(24-25-20)5-8-23-21(19)30-17-6-11-28-12-7-17/h1-5,8,17H,6-7,9-14H2,(H,24,25). The molecule has 0 bridgehead atoms. The van der Waals surface area contributed by atoms with E-state index in [1.165, 1.54) is 0 Å². The van der Waals surface area contributed by atoms with Gasteiger partial charge in [0.1, 0.15) is 11.8 Å². The minimum atomic E-state index is 0.0296. The molecule has 2 aliphatic rings. The largest absolute Gasteiger partial charge is 0.474 e. The number of rotatable bonds is 4. The molecule has 0 saturated carbocycles. The molecule has 0 spiro atoms. The molecule has 8 nitrogen and oxygen atoms in total. The number of nitrogens with one attached hydrogen (secondary N) is 1. The number of benzene rings is 1. The molecule has 30 heavy (non-hydrogen) atoms. The summed E-state index contributed by atoms with van der Waals surface area (Å²) >= 11 is 0. The lowest BCUT2D eigenvalue weighted by Gasteiger charge is -2.26. The third kappa shape index (κ3) is 3.76. The summed E-state index contributed by atoms with van der Waals surface area (Å²) in [6, 6.07) is 9.44. The van der Waals surface area contributed by atoms with Crippen LogP contribution in [0.2, 0.25) is 0 Å². The van der Waals surface area contributed by atoms with Crippen molar-refractivity contribution in [2.75, 3.05) is 39.5 Å². The van der Waals surface area contributed by atoms with Crippen molar-refractivity contribution in [2.45, 2.75) is 18.9 Å². The van der Waals surface area contributed by atoms with Crippen LogP contribution >= 0.6 is 0 Å². The van der Waals surface area contributed by atoms with Gasteiger partial charge in [0.2, 0.25) is 5.88 Å². The topological polar surface area (TPSA) is 89.6 Å². The fourth-order valence-corrected chi connectivity index (χ4v) is 3.91. The van der Waals surface area contributed by atoms with Crippen LogP contribution in [0.25, 0.3) is 22.2 Å². The van der Waals surface area contributed by atoms with Gasteiger partial charge in [-0.25, -0.2) is 4.98 Å². The van der Waals surface area contributed by atoms with Gasteiger partial charge in [0.15, 0.2) is 0 Å². The Morgan fingerprint density at radius 3 is 2.53 bits per heavy atom. The minimum absolute atomic E-state index is 0.0296. The Kier molecular flexibility index (Phi) is 5.33. The highest BCUT2D eigenvalue weighted by Gasteiger charge is 2.21. The van der Waals surface area contributed by atoms with Crippen LogP contribution in [0, 0.1) is 0 Å². The third-order valence-corrected chi connectivity index (χ3v) is 5.59. The van der Waals surface area contributed by atoms with Gasteiger partial charge in [-0.3, -0.25) is 9.89 Å². The fraction of sp³-hybridized carbons (Fsp3) is 0.409. The van der Waals surface area contributed by atoms with Gasteiger partial charge in [0, 0.05) is 43.3 Å². The molecule has 1 N–H and O–H groups in total. The molecule has 2 aliphatic heterocycles. The van der Waals surface area contributed by atoms with Crippen LogP contribution < -0.4 is 4.74 Å². The van der Waals surface area contributed by atoms with E-state index in [0.29, 0.717) is 51.0 Å². The average Bonchev–Trinajstić information content (AvgIpc) is 3.25. The second-order valence-electron chi connectivity index (χ2n) is 7.52. The molecule has 8 heteroatoms. The van der Waals surface area contributed by atoms with E-state index in [-0.39, 0.29) is 12.0 Å². The zero-order valence-corrected chi connectivity index (χ0v) is 16.7. The van der Waals surface area contributed by atoms with E-state index in [0.717, 1.165) is 35.0 Å². The predicted octanol–water partition coefficient (Wildman–Crippen LogP) is 2.66. The lowest BCUT2D eigenvalue weighted by atomic mass is 10.1. The van der Waals surface area contributed by atoms with E-state index >= 15 is 0 Å². The summed E-state index contributed by atoms with van der Waals surface area (Å²) in [6.45, 7) is 3.85. The Morgan fingerprint density at radius 1 is 1.03 bits per heavy atom. The third-order valence-electron chi connectivity index (χ3n) is 5.59. The van der Waals surface area contributed by atoms with Crippen molar-refractivity contribution in [2.24, 2.45) is 0 Å². The molecule has 2 saturated heterocycles. The Balaban J connectivity index is 1.42. The van der Waals surface area contributed by atoms with Crippen LogP contribution in [0.3, 0.4) is 0 Å². The number of fused-ring (bicyclic) bond motifs is 1. The highest BCUT2D eigenvalue weighted by molar-refractivity contribution is 5.98. The van der Waals surface area contributed by atoms with E-state index in [1.54, 1.807) is 6.20 Å². The Hall–Kier alpha value is -2.97. The van der Waals surface area contributed by atoms with Gasteiger partial charge in [0.05, 0.1) is 37.3 Å². The van der Waals surface area contributed by atoms with E-state index in [2.05, 4.69) is 15.2 Å². The number of aromatic amines is 1. The predicted molar refractivity (Wildman–Crippen MR) is 111 cm³/mol. The van der Waals surface area contributed by atoms with Crippen LogP contribution in [-0.2, 0) is 9.47 Å². The molecular weight excluding hydrogens is 384 g/mol. The maximum atomic E-state index is 12.7.